The molecule has 0 aromatic carbocycles. The largest absolute Gasteiger partial charge is 0.447 e. The van der Waals surface area contributed by atoms with Gasteiger partial charge < -0.3 is 70.4 Å². The van der Waals surface area contributed by atoms with E-state index in [9.17, 15) is 39.6 Å². The van der Waals surface area contributed by atoms with Crippen LogP contribution in [0.4, 0.5) is 31.1 Å². The third-order valence-corrected chi connectivity index (χ3v) is 6.01. The van der Waals surface area contributed by atoms with E-state index < -0.39 is 78.7 Å². The zero-order valence-electron chi connectivity index (χ0n) is 28.6. The molecular formula is C27H48ClN9O12. The fourth-order valence-electron chi connectivity index (χ4n) is 3.84. The van der Waals surface area contributed by atoms with Crippen molar-refractivity contribution in [2.24, 2.45) is 0 Å². The van der Waals surface area contributed by atoms with Crippen LogP contribution in [-0.4, -0.2) is 135 Å². The number of carbonyl (C=O) groups is 4. The monoisotopic (exact) mass is 725 g/mol. The molecule has 49 heavy (non-hydrogen) atoms. The molecule has 0 aliphatic carbocycles. The predicted molar refractivity (Wildman–Crippen MR) is 172 cm³/mol. The summed E-state index contributed by atoms with van der Waals surface area (Å²) in [5.74, 6) is -0.473. The Morgan fingerprint density at radius 3 is 0.959 bits per heavy atom. The van der Waals surface area contributed by atoms with Gasteiger partial charge in [0, 0.05) is 0 Å². The number of hydrogen-bond donors (Lipinski definition) is 8. The van der Waals surface area contributed by atoms with Crippen molar-refractivity contribution in [2.75, 3.05) is 36.2 Å². The number of amides is 4. The minimum absolute atomic E-state index is 0.237. The van der Waals surface area contributed by atoms with Crippen LogP contribution >= 0.6 is 11.6 Å². The molecule has 0 radical (unpaired) electrons. The molecule has 0 bridgehead atoms. The lowest BCUT2D eigenvalue weighted by molar-refractivity contribution is 0.0742. The third kappa shape index (κ3) is 16.7. The maximum atomic E-state index is 12.5. The van der Waals surface area contributed by atoms with Crippen LogP contribution in [0.5, 0.6) is 0 Å². The molecule has 0 saturated heterocycles. The highest BCUT2D eigenvalue weighted by Gasteiger charge is 2.32. The number of nitrogens with one attached hydrogen (secondary N) is 4. The van der Waals surface area contributed by atoms with Crippen LogP contribution in [0.2, 0.25) is 5.28 Å². The first kappa shape index (κ1) is 42.8. The van der Waals surface area contributed by atoms with Gasteiger partial charge in [0.1, 0.15) is 51.1 Å². The third-order valence-electron chi connectivity index (χ3n) is 5.84. The van der Waals surface area contributed by atoms with E-state index in [1.807, 2.05) is 0 Å². The van der Waals surface area contributed by atoms with Crippen molar-refractivity contribution in [3.63, 3.8) is 0 Å². The van der Waals surface area contributed by atoms with Crippen molar-refractivity contribution in [1.82, 2.24) is 36.2 Å². The number of aliphatic hydroxyl groups is 4. The van der Waals surface area contributed by atoms with Gasteiger partial charge in [-0.05, 0) is 67.0 Å². The van der Waals surface area contributed by atoms with Crippen molar-refractivity contribution in [1.29, 1.82) is 0 Å². The molecule has 0 aliphatic heterocycles. The highest BCUT2D eigenvalue weighted by molar-refractivity contribution is 6.28. The van der Waals surface area contributed by atoms with Crippen LogP contribution in [0.3, 0.4) is 0 Å². The average molecular weight is 726 g/mol. The fraction of sp³-hybridized carbons (Fsp3) is 0.741. The Morgan fingerprint density at radius 2 is 0.755 bits per heavy atom. The van der Waals surface area contributed by atoms with E-state index in [-0.39, 0.29) is 38.3 Å². The Bertz CT molecular complexity index is 1060. The summed E-state index contributed by atoms with van der Waals surface area (Å²) < 4.78 is 20.0. The van der Waals surface area contributed by atoms with Crippen LogP contribution in [0.25, 0.3) is 0 Å². The quantitative estimate of drug-likeness (QED) is 0.0727. The van der Waals surface area contributed by atoms with Crippen LogP contribution < -0.4 is 31.1 Å². The van der Waals surface area contributed by atoms with E-state index in [0.29, 0.717) is 0 Å². The Morgan fingerprint density at radius 1 is 0.531 bits per heavy atom. The highest BCUT2D eigenvalue weighted by Crippen LogP contribution is 2.22. The van der Waals surface area contributed by atoms with E-state index >= 15 is 0 Å². The molecule has 1 rings (SSSR count). The average Bonchev–Trinajstić information content (AvgIpc) is 2.96. The van der Waals surface area contributed by atoms with Crippen molar-refractivity contribution in [2.45, 2.75) is 104 Å². The highest BCUT2D eigenvalue weighted by atomic mass is 35.5. The number of nitrogens with zero attached hydrogens (tertiary/aromatic N) is 5. The van der Waals surface area contributed by atoms with Gasteiger partial charge in [0.05, 0.1) is 24.4 Å². The summed E-state index contributed by atoms with van der Waals surface area (Å²) in [5.41, 5.74) is 0. The van der Waals surface area contributed by atoms with E-state index in [1.54, 1.807) is 0 Å². The van der Waals surface area contributed by atoms with E-state index in [4.69, 9.17) is 30.5 Å². The zero-order valence-corrected chi connectivity index (χ0v) is 29.4. The zero-order chi connectivity index (χ0) is 37.4. The van der Waals surface area contributed by atoms with Gasteiger partial charge in [-0.2, -0.15) is 15.0 Å². The number of aromatic nitrogens is 3. The number of ether oxygens (including phenoxy) is 4. The molecule has 21 nitrogen and oxygen atoms in total. The van der Waals surface area contributed by atoms with Gasteiger partial charge in [-0.1, -0.05) is 0 Å². The number of anilines is 2. The fourth-order valence-corrected chi connectivity index (χ4v) is 3.99. The number of aliphatic hydroxyl groups excluding tert-OH is 4. The molecule has 1 heterocycles. The number of alkyl carbamates (subject to hydrolysis) is 4. The first-order valence-electron chi connectivity index (χ1n) is 15.2. The summed E-state index contributed by atoms with van der Waals surface area (Å²) in [5, 5.41) is 47.7. The van der Waals surface area contributed by atoms with Gasteiger partial charge in [-0.3, -0.25) is 0 Å². The van der Waals surface area contributed by atoms with Gasteiger partial charge >= 0.3 is 24.4 Å². The molecule has 8 unspecified atom stereocenters. The summed E-state index contributed by atoms with van der Waals surface area (Å²) in [7, 11) is 0. The van der Waals surface area contributed by atoms with Gasteiger partial charge in [-0.25, -0.2) is 19.2 Å². The smallest absolute Gasteiger partial charge is 0.408 e. The van der Waals surface area contributed by atoms with E-state index in [2.05, 4.69) is 36.2 Å². The first-order chi connectivity index (χ1) is 22.8. The Kier molecular flexibility index (Phi) is 18.4. The minimum Gasteiger partial charge on any atom is -0.447 e. The minimum atomic E-state index is -1.05. The second-order valence-corrected chi connectivity index (χ2v) is 11.4. The standard InChI is InChI=1S/C27H48ClN9O12/c1-13(38)9-46-24(42)29-17(5)36(18(6)30-25(43)47-10-14(2)39)22-33-21(28)34-23(35-22)37(19(7)31-26(44)48-11-15(3)40)20(8)32-27(45)49-12-16(4)41/h13-20,38-41H,9-12H2,1-8H3,(H,29,42)(H,30,43)(H,31,44)(H,32,45). The molecule has 0 fully saturated rings. The molecule has 0 saturated carbocycles. The Labute approximate surface area is 288 Å². The van der Waals surface area contributed by atoms with Crippen LogP contribution in [0.15, 0.2) is 0 Å². The summed E-state index contributed by atoms with van der Waals surface area (Å²) in [6, 6.07) is 0. The predicted octanol–water partition coefficient (Wildman–Crippen LogP) is -0.0502. The summed E-state index contributed by atoms with van der Waals surface area (Å²) in [4.78, 5) is 65.3. The molecule has 8 atom stereocenters. The second-order valence-electron chi connectivity index (χ2n) is 11.1. The van der Waals surface area contributed by atoms with Crippen LogP contribution in [-0.2, 0) is 18.9 Å². The summed E-state index contributed by atoms with van der Waals surface area (Å²) in [6.45, 7) is 10.4. The lowest BCUT2D eigenvalue weighted by atomic mass is 10.3. The second kappa shape index (κ2) is 21.0. The number of rotatable bonds is 18. The van der Waals surface area contributed by atoms with Crippen molar-refractivity contribution < 1.29 is 58.6 Å². The first-order valence-corrected chi connectivity index (χ1v) is 15.6. The van der Waals surface area contributed by atoms with Gasteiger partial charge in [0.15, 0.2) is 0 Å². The Hall–Kier alpha value is -4.18. The van der Waals surface area contributed by atoms with Gasteiger partial charge in [0.25, 0.3) is 0 Å². The molecule has 0 aliphatic rings. The van der Waals surface area contributed by atoms with E-state index in [1.165, 1.54) is 65.2 Å². The van der Waals surface area contributed by atoms with Crippen LogP contribution in [0.1, 0.15) is 55.4 Å². The van der Waals surface area contributed by atoms with Crippen molar-refractivity contribution in [3.8, 4) is 0 Å². The van der Waals surface area contributed by atoms with Crippen molar-refractivity contribution in [3.05, 3.63) is 5.28 Å². The SMILES string of the molecule is CC(O)COC(=O)NC(C)N(c1nc(Cl)nc(N(C(C)NC(=O)OCC(C)O)C(C)NC(=O)OCC(C)O)n1)C(C)NC(=O)OCC(C)O. The lowest BCUT2D eigenvalue weighted by Gasteiger charge is -2.37. The molecule has 1 aromatic heterocycles. The topological polar surface area (TPSA) is 279 Å². The number of hydrogen-bond acceptors (Lipinski definition) is 17. The molecule has 0 spiro atoms. The number of carbonyl (C=O) groups excluding carboxylic acids is 4. The maximum absolute atomic E-state index is 12.5. The summed E-state index contributed by atoms with van der Waals surface area (Å²) >= 11 is 6.34. The molecule has 280 valence electrons. The summed E-state index contributed by atoms with van der Waals surface area (Å²) in [6.07, 6.45) is -11.7. The van der Waals surface area contributed by atoms with Crippen molar-refractivity contribution >= 4 is 47.9 Å². The molecular weight excluding hydrogens is 678 g/mol. The molecule has 22 heteroatoms. The maximum Gasteiger partial charge on any atom is 0.408 e. The molecule has 4 amide bonds. The van der Waals surface area contributed by atoms with Crippen LogP contribution in [0, 0.1) is 0 Å². The Balaban J connectivity index is 3.61. The van der Waals surface area contributed by atoms with E-state index in [0.717, 1.165) is 0 Å². The lowest BCUT2D eigenvalue weighted by Crippen LogP contribution is -2.58. The number of halogens is 1. The molecule has 8 N–H and O–H groups in total. The van der Waals surface area contributed by atoms with Gasteiger partial charge in [0.2, 0.25) is 17.2 Å². The molecule has 1 aromatic rings. The van der Waals surface area contributed by atoms with Gasteiger partial charge in [-0.15, -0.1) is 0 Å². The normalized spacial score (nSPS) is 15.9.